The zero-order valence-electron chi connectivity index (χ0n) is 14.5. The molecule has 0 bridgehead atoms. The molecule has 0 radical (unpaired) electrons. The lowest BCUT2D eigenvalue weighted by Crippen LogP contribution is -2.59. The first-order valence-electron chi connectivity index (χ1n) is 7.96. The minimum Gasteiger partial charge on any atom is -0.494 e. The number of hydrogen-bond acceptors (Lipinski definition) is 1. The maximum absolute atomic E-state index is 14.8. The Balaban J connectivity index is 2.47. The molecule has 1 nitrogen and oxygen atoms in total. The van der Waals surface area contributed by atoms with Gasteiger partial charge in [0.2, 0.25) is 0 Å². The van der Waals surface area contributed by atoms with Gasteiger partial charge in [-0.1, -0.05) is 0 Å². The maximum atomic E-state index is 14.8. The molecule has 29 heavy (non-hydrogen) atoms. The predicted molar refractivity (Wildman–Crippen MR) is 90.2 cm³/mol. The number of benzene rings is 3. The molecule has 0 aromatic heterocycles. The van der Waals surface area contributed by atoms with Gasteiger partial charge < -0.3 is 4.74 Å². The number of hydrogen-bond donors (Lipinski definition) is 0. The second kappa shape index (κ2) is 7.77. The quantitative estimate of drug-likeness (QED) is 0.469. The summed E-state index contributed by atoms with van der Waals surface area (Å²) in [6, 6.07) is 2.23. The van der Waals surface area contributed by atoms with Crippen LogP contribution in [0.4, 0.5) is 35.1 Å². The van der Waals surface area contributed by atoms with E-state index in [2.05, 4.69) is 4.74 Å². The zero-order valence-corrected chi connectivity index (χ0v) is 14.5. The zero-order chi connectivity index (χ0) is 21.5. The van der Waals surface area contributed by atoms with Gasteiger partial charge in [-0.15, -0.1) is 0 Å². The molecule has 0 aliphatic heterocycles. The third-order valence-corrected chi connectivity index (χ3v) is 4.26. The van der Waals surface area contributed by atoms with Crippen LogP contribution in [-0.4, -0.2) is 13.8 Å². The van der Waals surface area contributed by atoms with E-state index in [1.54, 1.807) is 0 Å². The average molecular weight is 416 g/mol. The summed E-state index contributed by atoms with van der Waals surface area (Å²) in [6.07, 6.45) is 0. The van der Waals surface area contributed by atoms with E-state index in [9.17, 15) is 35.1 Å². The topological polar surface area (TPSA) is 9.23 Å². The van der Waals surface area contributed by atoms with E-state index in [4.69, 9.17) is 0 Å². The van der Waals surface area contributed by atoms with Crippen LogP contribution in [-0.2, 0) is 0 Å². The molecule has 0 fully saturated rings. The molecule has 0 spiro atoms. The largest absolute Gasteiger partial charge is 0.494 e. The van der Waals surface area contributed by atoms with Crippen LogP contribution in [0.2, 0.25) is 0 Å². The number of rotatable bonds is 4. The van der Waals surface area contributed by atoms with Crippen molar-refractivity contribution in [3.05, 3.63) is 82.9 Å². The Morgan fingerprint density at radius 2 is 1.00 bits per heavy atom. The second-order valence-corrected chi connectivity index (χ2v) is 5.98. The molecule has 3 aromatic carbocycles. The van der Waals surface area contributed by atoms with E-state index in [1.165, 1.54) is 0 Å². The average Bonchev–Trinajstić information content (AvgIpc) is 2.59. The molecule has 0 saturated carbocycles. The SMILES string of the molecule is COc1ccc(F)c(B(c2c(F)cc(F)cc2F)c2c(F)cc(F)cc2F)c1F. The fourth-order valence-corrected chi connectivity index (χ4v) is 3.06. The Labute approximate surface area is 159 Å². The van der Waals surface area contributed by atoms with Crippen molar-refractivity contribution in [3.63, 3.8) is 0 Å². The molecule has 0 aliphatic carbocycles. The van der Waals surface area contributed by atoms with Crippen molar-refractivity contribution < 1.29 is 39.9 Å². The van der Waals surface area contributed by atoms with E-state index < -0.39 is 75.4 Å². The van der Waals surface area contributed by atoms with E-state index in [0.29, 0.717) is 6.07 Å². The van der Waals surface area contributed by atoms with Crippen molar-refractivity contribution in [2.24, 2.45) is 0 Å². The highest BCUT2D eigenvalue weighted by Gasteiger charge is 2.38. The first kappa shape index (κ1) is 20.7. The van der Waals surface area contributed by atoms with Crippen LogP contribution in [0, 0.1) is 46.5 Å². The summed E-state index contributed by atoms with van der Waals surface area (Å²) in [5.41, 5.74) is -3.64. The minimum absolute atomic E-state index is 0.181. The van der Waals surface area contributed by atoms with Gasteiger partial charge in [-0.25, -0.2) is 35.1 Å². The van der Waals surface area contributed by atoms with Crippen molar-refractivity contribution in [1.82, 2.24) is 0 Å². The first-order valence-corrected chi connectivity index (χ1v) is 7.96. The van der Waals surface area contributed by atoms with Crippen molar-refractivity contribution in [1.29, 1.82) is 0 Å². The Kier molecular flexibility index (Phi) is 5.54. The highest BCUT2D eigenvalue weighted by Crippen LogP contribution is 2.19. The van der Waals surface area contributed by atoms with Crippen LogP contribution in [0.1, 0.15) is 0 Å². The number of halogens is 8. The lowest BCUT2D eigenvalue weighted by Gasteiger charge is -2.20. The lowest BCUT2D eigenvalue weighted by molar-refractivity contribution is 0.386. The van der Waals surface area contributed by atoms with Crippen molar-refractivity contribution >= 4 is 23.1 Å². The van der Waals surface area contributed by atoms with Gasteiger partial charge in [-0.05, 0) is 12.1 Å². The van der Waals surface area contributed by atoms with Gasteiger partial charge in [0.05, 0.1) is 7.11 Å². The normalized spacial score (nSPS) is 10.9. The lowest BCUT2D eigenvalue weighted by atomic mass is 9.36. The molecule has 150 valence electrons. The predicted octanol–water partition coefficient (Wildman–Crippen LogP) is 3.32. The molecular formula is C19H9BF8O. The smallest absolute Gasteiger partial charge is 0.264 e. The molecule has 0 unspecified atom stereocenters. The molecule has 0 aliphatic rings. The third kappa shape index (κ3) is 3.66. The van der Waals surface area contributed by atoms with Gasteiger partial charge in [-0.2, -0.15) is 0 Å². The Morgan fingerprint density at radius 3 is 1.38 bits per heavy atom. The molecule has 0 amide bonds. The molecule has 3 rings (SSSR count). The number of methoxy groups -OCH3 is 1. The van der Waals surface area contributed by atoms with Gasteiger partial charge >= 0.3 is 0 Å². The highest BCUT2D eigenvalue weighted by molar-refractivity contribution is 6.95. The van der Waals surface area contributed by atoms with Crippen LogP contribution in [0.25, 0.3) is 0 Å². The molecular weight excluding hydrogens is 407 g/mol. The van der Waals surface area contributed by atoms with Gasteiger partial charge in [-0.3, -0.25) is 0 Å². The summed E-state index contributed by atoms with van der Waals surface area (Å²) in [6.45, 7) is -2.40. The van der Waals surface area contributed by atoms with Crippen LogP contribution < -0.4 is 21.1 Å². The van der Waals surface area contributed by atoms with Crippen molar-refractivity contribution in [2.75, 3.05) is 7.11 Å². The van der Waals surface area contributed by atoms with E-state index in [0.717, 1.165) is 13.2 Å². The molecule has 0 heterocycles. The molecule has 0 atom stereocenters. The molecule has 3 aromatic rings. The van der Waals surface area contributed by atoms with Crippen LogP contribution >= 0.6 is 0 Å². The summed E-state index contributed by atoms with van der Waals surface area (Å²) in [4.78, 5) is 0. The van der Waals surface area contributed by atoms with Crippen LogP contribution in [0.15, 0.2) is 36.4 Å². The van der Waals surface area contributed by atoms with Gasteiger partial charge in [0.15, 0.2) is 11.6 Å². The van der Waals surface area contributed by atoms with Gasteiger partial charge in [0.1, 0.15) is 40.7 Å². The van der Waals surface area contributed by atoms with E-state index in [-0.39, 0.29) is 24.3 Å². The fourth-order valence-electron chi connectivity index (χ4n) is 3.06. The molecule has 10 heteroatoms. The second-order valence-electron chi connectivity index (χ2n) is 5.98. The third-order valence-electron chi connectivity index (χ3n) is 4.26. The first-order chi connectivity index (χ1) is 13.6. The van der Waals surface area contributed by atoms with E-state index >= 15 is 0 Å². The maximum Gasteiger partial charge on any atom is 0.264 e. The number of ether oxygens (including phenoxy) is 1. The fraction of sp³-hybridized carbons (Fsp3) is 0.0526. The summed E-state index contributed by atoms with van der Waals surface area (Å²) < 4.78 is 118. The van der Waals surface area contributed by atoms with Gasteiger partial charge in [0, 0.05) is 40.7 Å². The van der Waals surface area contributed by atoms with Gasteiger partial charge in [0.25, 0.3) is 6.71 Å². The van der Waals surface area contributed by atoms with Crippen molar-refractivity contribution in [2.45, 2.75) is 0 Å². The Morgan fingerprint density at radius 1 is 0.586 bits per heavy atom. The summed E-state index contributed by atoms with van der Waals surface area (Å²) in [5, 5.41) is 0. The summed E-state index contributed by atoms with van der Waals surface area (Å²) in [5.74, 6) is -12.9. The summed E-state index contributed by atoms with van der Waals surface area (Å²) in [7, 11) is 1.01. The highest BCUT2D eigenvalue weighted by atomic mass is 19.2. The Bertz CT molecular complexity index is 998. The monoisotopic (exact) mass is 416 g/mol. The Hall–Kier alpha value is -3.04. The minimum atomic E-state index is -2.40. The van der Waals surface area contributed by atoms with Crippen LogP contribution in [0.5, 0.6) is 5.75 Å². The van der Waals surface area contributed by atoms with E-state index in [1.807, 2.05) is 0 Å². The summed E-state index contributed by atoms with van der Waals surface area (Å²) >= 11 is 0. The molecule has 0 saturated heterocycles. The molecule has 0 N–H and O–H groups in total. The standard InChI is InChI=1S/C19H9BF8O/c1-29-15-3-2-10(23)18(19(15)28)20(16-11(24)4-8(21)5-12(16)25)17-13(26)6-9(22)7-14(17)27/h2-7H,1H3. The van der Waals surface area contributed by atoms with Crippen LogP contribution in [0.3, 0.4) is 0 Å². The van der Waals surface area contributed by atoms with Crippen molar-refractivity contribution in [3.8, 4) is 5.75 Å².